The van der Waals surface area contributed by atoms with Gasteiger partial charge in [-0.1, -0.05) is 37.1 Å². The molecule has 0 saturated carbocycles. The second kappa shape index (κ2) is 8.83. The van der Waals surface area contributed by atoms with Crippen LogP contribution < -0.4 is 5.32 Å². The van der Waals surface area contributed by atoms with E-state index in [2.05, 4.69) is 23.2 Å². The summed E-state index contributed by atoms with van der Waals surface area (Å²) in [5.41, 5.74) is 2.32. The van der Waals surface area contributed by atoms with Crippen LogP contribution in [0.1, 0.15) is 43.2 Å². The highest BCUT2D eigenvalue weighted by molar-refractivity contribution is 5.78. The lowest BCUT2D eigenvalue weighted by Gasteiger charge is -2.19. The Bertz CT molecular complexity index is 437. The molecule has 1 amide bonds. The molecule has 0 aliphatic carbocycles. The second-order valence-corrected chi connectivity index (χ2v) is 6.06. The van der Waals surface area contributed by atoms with Crippen LogP contribution in [-0.2, 0) is 11.2 Å². The number of carbonyl (C=O) groups excluding carboxylic acids is 1. The van der Waals surface area contributed by atoms with Crippen LogP contribution in [0, 0.1) is 6.92 Å². The molecule has 3 heteroatoms. The number of aryl methyl sites for hydroxylation is 1. The molecule has 1 N–H and O–H groups in total. The summed E-state index contributed by atoms with van der Waals surface area (Å²) in [6.07, 6.45) is 6.97. The van der Waals surface area contributed by atoms with Gasteiger partial charge in [0.2, 0.25) is 5.91 Å². The minimum absolute atomic E-state index is 0.139. The lowest BCUT2D eigenvalue weighted by atomic mass is 10.1. The first-order chi connectivity index (χ1) is 10.3. The average Bonchev–Trinajstić information content (AvgIpc) is 2.75. The van der Waals surface area contributed by atoms with Crippen LogP contribution in [0.2, 0.25) is 0 Å². The van der Waals surface area contributed by atoms with Gasteiger partial charge in [0.25, 0.3) is 0 Å². The highest BCUT2D eigenvalue weighted by atomic mass is 16.1. The van der Waals surface area contributed by atoms with Crippen LogP contribution in [0.25, 0.3) is 0 Å². The SMILES string of the molecule is Cc1ccccc1CC(=O)NCCCN1CCCCCC1. The predicted molar refractivity (Wildman–Crippen MR) is 87.4 cm³/mol. The first-order valence-corrected chi connectivity index (χ1v) is 8.29. The summed E-state index contributed by atoms with van der Waals surface area (Å²) in [7, 11) is 0. The fraction of sp³-hybridized carbons (Fsp3) is 0.611. The van der Waals surface area contributed by atoms with Crippen molar-refractivity contribution in [3.8, 4) is 0 Å². The van der Waals surface area contributed by atoms with Crippen LogP contribution >= 0.6 is 0 Å². The molecule has 0 bridgehead atoms. The molecule has 116 valence electrons. The van der Waals surface area contributed by atoms with Gasteiger partial charge < -0.3 is 10.2 Å². The van der Waals surface area contributed by atoms with Crippen LogP contribution in [0.15, 0.2) is 24.3 Å². The number of benzene rings is 1. The highest BCUT2D eigenvalue weighted by Crippen LogP contribution is 2.10. The fourth-order valence-corrected chi connectivity index (χ4v) is 2.93. The number of nitrogens with zero attached hydrogens (tertiary/aromatic N) is 1. The van der Waals surface area contributed by atoms with Crippen molar-refractivity contribution in [2.75, 3.05) is 26.2 Å². The van der Waals surface area contributed by atoms with Gasteiger partial charge in [-0.15, -0.1) is 0 Å². The minimum atomic E-state index is 0.139. The Morgan fingerprint density at radius 1 is 1.14 bits per heavy atom. The molecule has 1 aliphatic heterocycles. The Kier molecular flexibility index (Phi) is 6.74. The molecular formula is C18H28N2O. The third-order valence-corrected chi connectivity index (χ3v) is 4.28. The maximum atomic E-state index is 11.9. The standard InChI is InChI=1S/C18H28N2O/c1-16-9-4-5-10-17(16)15-18(21)19-11-8-14-20-12-6-2-3-7-13-20/h4-5,9-10H,2-3,6-8,11-15H2,1H3,(H,19,21). The fourth-order valence-electron chi connectivity index (χ4n) is 2.93. The topological polar surface area (TPSA) is 32.3 Å². The molecule has 0 atom stereocenters. The maximum absolute atomic E-state index is 11.9. The zero-order valence-electron chi connectivity index (χ0n) is 13.2. The number of amides is 1. The van der Waals surface area contributed by atoms with Gasteiger partial charge in [-0.25, -0.2) is 0 Å². The number of carbonyl (C=O) groups is 1. The van der Waals surface area contributed by atoms with Crippen molar-refractivity contribution in [3.05, 3.63) is 35.4 Å². The lowest BCUT2D eigenvalue weighted by Crippen LogP contribution is -2.31. The quantitative estimate of drug-likeness (QED) is 0.816. The third-order valence-electron chi connectivity index (χ3n) is 4.28. The Balaban J connectivity index is 1.62. The molecule has 1 heterocycles. The zero-order valence-corrected chi connectivity index (χ0v) is 13.2. The number of likely N-dealkylation sites (tertiary alicyclic amines) is 1. The van der Waals surface area contributed by atoms with Gasteiger partial charge in [-0.2, -0.15) is 0 Å². The van der Waals surface area contributed by atoms with Crippen LogP contribution in [-0.4, -0.2) is 37.0 Å². The summed E-state index contributed by atoms with van der Waals surface area (Å²) in [4.78, 5) is 14.5. The molecular weight excluding hydrogens is 260 g/mol. The molecule has 0 aromatic heterocycles. The molecule has 0 radical (unpaired) electrons. The highest BCUT2D eigenvalue weighted by Gasteiger charge is 2.09. The van der Waals surface area contributed by atoms with Crippen molar-refractivity contribution >= 4 is 5.91 Å². The van der Waals surface area contributed by atoms with Crippen molar-refractivity contribution in [2.45, 2.75) is 45.4 Å². The third kappa shape index (κ3) is 5.88. The predicted octanol–water partition coefficient (Wildman–Crippen LogP) is 2.92. The van der Waals surface area contributed by atoms with Crippen LogP contribution in [0.4, 0.5) is 0 Å². The van der Waals surface area contributed by atoms with Gasteiger partial charge >= 0.3 is 0 Å². The van der Waals surface area contributed by atoms with Gasteiger partial charge in [0.1, 0.15) is 0 Å². The van der Waals surface area contributed by atoms with Crippen molar-refractivity contribution < 1.29 is 4.79 Å². The second-order valence-electron chi connectivity index (χ2n) is 6.06. The Hall–Kier alpha value is -1.35. The van der Waals surface area contributed by atoms with E-state index in [0.717, 1.165) is 25.1 Å². The summed E-state index contributed by atoms with van der Waals surface area (Å²) in [5, 5.41) is 3.05. The smallest absolute Gasteiger partial charge is 0.224 e. The molecule has 1 aliphatic rings. The first-order valence-electron chi connectivity index (χ1n) is 8.29. The van der Waals surface area contributed by atoms with Gasteiger partial charge in [0, 0.05) is 6.54 Å². The van der Waals surface area contributed by atoms with Crippen molar-refractivity contribution in [3.63, 3.8) is 0 Å². The minimum Gasteiger partial charge on any atom is -0.356 e. The van der Waals surface area contributed by atoms with Gasteiger partial charge in [-0.3, -0.25) is 4.79 Å². The van der Waals surface area contributed by atoms with E-state index in [1.54, 1.807) is 0 Å². The molecule has 1 aromatic rings. The Labute approximate surface area is 128 Å². The maximum Gasteiger partial charge on any atom is 0.224 e. The van der Waals surface area contributed by atoms with E-state index in [1.165, 1.54) is 44.3 Å². The molecule has 3 nitrogen and oxygen atoms in total. The van der Waals surface area contributed by atoms with Crippen LogP contribution in [0.5, 0.6) is 0 Å². The largest absolute Gasteiger partial charge is 0.356 e. The molecule has 1 saturated heterocycles. The van der Waals surface area contributed by atoms with Gasteiger partial charge in [0.15, 0.2) is 0 Å². The molecule has 0 unspecified atom stereocenters. The number of hydrogen-bond donors (Lipinski definition) is 1. The van der Waals surface area contributed by atoms with E-state index < -0.39 is 0 Å². The van der Waals surface area contributed by atoms with E-state index in [0.29, 0.717) is 6.42 Å². The Morgan fingerprint density at radius 3 is 2.57 bits per heavy atom. The molecule has 2 rings (SSSR count). The van der Waals surface area contributed by atoms with E-state index in [1.807, 2.05) is 18.2 Å². The van der Waals surface area contributed by atoms with Crippen molar-refractivity contribution in [1.29, 1.82) is 0 Å². The lowest BCUT2D eigenvalue weighted by molar-refractivity contribution is -0.120. The van der Waals surface area contributed by atoms with E-state index in [-0.39, 0.29) is 5.91 Å². The summed E-state index contributed by atoms with van der Waals surface area (Å²) >= 11 is 0. The normalized spacial score (nSPS) is 16.4. The van der Waals surface area contributed by atoms with E-state index in [9.17, 15) is 4.79 Å². The van der Waals surface area contributed by atoms with Crippen molar-refractivity contribution in [1.82, 2.24) is 10.2 Å². The van der Waals surface area contributed by atoms with Gasteiger partial charge in [-0.05, 0) is 56.9 Å². The van der Waals surface area contributed by atoms with E-state index >= 15 is 0 Å². The van der Waals surface area contributed by atoms with Crippen LogP contribution in [0.3, 0.4) is 0 Å². The average molecular weight is 288 g/mol. The molecule has 1 fully saturated rings. The first kappa shape index (κ1) is 16.0. The molecule has 0 spiro atoms. The molecule has 1 aromatic carbocycles. The number of nitrogens with one attached hydrogen (secondary N) is 1. The monoisotopic (exact) mass is 288 g/mol. The van der Waals surface area contributed by atoms with Crippen molar-refractivity contribution in [2.24, 2.45) is 0 Å². The van der Waals surface area contributed by atoms with E-state index in [4.69, 9.17) is 0 Å². The summed E-state index contributed by atoms with van der Waals surface area (Å²) in [5.74, 6) is 0.139. The number of hydrogen-bond acceptors (Lipinski definition) is 2. The van der Waals surface area contributed by atoms with Gasteiger partial charge in [0.05, 0.1) is 6.42 Å². The summed E-state index contributed by atoms with van der Waals surface area (Å²) < 4.78 is 0. The molecule has 21 heavy (non-hydrogen) atoms. The number of rotatable bonds is 6. The Morgan fingerprint density at radius 2 is 1.86 bits per heavy atom. The summed E-state index contributed by atoms with van der Waals surface area (Å²) in [6.45, 7) is 6.43. The summed E-state index contributed by atoms with van der Waals surface area (Å²) in [6, 6.07) is 8.10. The zero-order chi connectivity index (χ0) is 14.9.